The van der Waals surface area contributed by atoms with E-state index in [-0.39, 0.29) is 12.4 Å². The minimum Gasteiger partial charge on any atom is -0.449 e. The van der Waals surface area contributed by atoms with Crippen LogP contribution in [0.2, 0.25) is 0 Å². The van der Waals surface area contributed by atoms with Crippen molar-refractivity contribution in [3.05, 3.63) is 65.4 Å². The van der Waals surface area contributed by atoms with Gasteiger partial charge in [-0.2, -0.15) is 0 Å². The third-order valence-corrected chi connectivity index (χ3v) is 4.46. The number of furan rings is 1. The maximum absolute atomic E-state index is 12.6. The number of methoxy groups -OCH3 is 1. The summed E-state index contributed by atoms with van der Waals surface area (Å²) in [5.41, 5.74) is 2.99. The number of amides is 1. The Morgan fingerprint density at radius 1 is 1.11 bits per heavy atom. The first-order chi connectivity index (χ1) is 13.5. The van der Waals surface area contributed by atoms with E-state index in [0.717, 1.165) is 11.8 Å². The van der Waals surface area contributed by atoms with Crippen LogP contribution in [0.3, 0.4) is 0 Å². The van der Waals surface area contributed by atoms with E-state index in [1.807, 2.05) is 42.5 Å². The lowest BCUT2D eigenvalue weighted by Crippen LogP contribution is -2.30. The molecule has 0 fully saturated rings. The molecule has 2 aromatic carbocycles. The SMILES string of the molecule is CCc1ccc(NC(=O)C(C)OC(=O)c2oc3ccccc3c2COC)cc1. The smallest absolute Gasteiger partial charge is 0.375 e. The first-order valence-electron chi connectivity index (χ1n) is 9.13. The highest BCUT2D eigenvalue weighted by Crippen LogP contribution is 2.27. The Morgan fingerprint density at radius 2 is 1.82 bits per heavy atom. The molecule has 6 heteroatoms. The van der Waals surface area contributed by atoms with Crippen LogP contribution in [-0.2, 0) is 27.3 Å². The third kappa shape index (κ3) is 4.23. The van der Waals surface area contributed by atoms with E-state index >= 15 is 0 Å². The Kier molecular flexibility index (Phi) is 6.11. The van der Waals surface area contributed by atoms with Crippen LogP contribution in [0.25, 0.3) is 11.0 Å². The number of benzene rings is 2. The van der Waals surface area contributed by atoms with Crippen molar-refractivity contribution in [2.75, 3.05) is 12.4 Å². The molecule has 1 N–H and O–H groups in total. The number of hydrogen-bond acceptors (Lipinski definition) is 5. The van der Waals surface area contributed by atoms with Gasteiger partial charge >= 0.3 is 5.97 Å². The molecule has 1 amide bonds. The van der Waals surface area contributed by atoms with Gasteiger partial charge in [0.05, 0.1) is 6.61 Å². The molecule has 0 saturated carbocycles. The van der Waals surface area contributed by atoms with Gasteiger partial charge in [0, 0.05) is 23.7 Å². The van der Waals surface area contributed by atoms with E-state index in [9.17, 15) is 9.59 Å². The Bertz CT molecular complexity index is 974. The summed E-state index contributed by atoms with van der Waals surface area (Å²) in [7, 11) is 1.54. The van der Waals surface area contributed by atoms with Crippen LogP contribution in [-0.4, -0.2) is 25.1 Å². The van der Waals surface area contributed by atoms with Gasteiger partial charge in [-0.25, -0.2) is 4.79 Å². The van der Waals surface area contributed by atoms with E-state index in [4.69, 9.17) is 13.9 Å². The molecule has 1 heterocycles. The van der Waals surface area contributed by atoms with Crippen LogP contribution in [0, 0.1) is 0 Å². The number of hydrogen-bond donors (Lipinski definition) is 1. The van der Waals surface area contributed by atoms with Crippen molar-refractivity contribution in [2.45, 2.75) is 33.0 Å². The molecule has 28 heavy (non-hydrogen) atoms. The van der Waals surface area contributed by atoms with Crippen molar-refractivity contribution in [1.82, 2.24) is 0 Å². The van der Waals surface area contributed by atoms with Gasteiger partial charge in [0.25, 0.3) is 5.91 Å². The Labute approximate surface area is 163 Å². The van der Waals surface area contributed by atoms with Gasteiger partial charge in [0.15, 0.2) is 6.10 Å². The number of fused-ring (bicyclic) bond motifs is 1. The highest BCUT2D eigenvalue weighted by atomic mass is 16.6. The maximum Gasteiger partial charge on any atom is 0.375 e. The molecule has 1 unspecified atom stereocenters. The number of aryl methyl sites for hydroxylation is 1. The monoisotopic (exact) mass is 381 g/mol. The number of rotatable bonds is 7. The average Bonchev–Trinajstić information content (AvgIpc) is 3.07. The quantitative estimate of drug-likeness (QED) is 0.617. The molecule has 1 atom stereocenters. The van der Waals surface area contributed by atoms with Gasteiger partial charge in [-0.3, -0.25) is 4.79 Å². The molecule has 0 bridgehead atoms. The lowest BCUT2D eigenvalue weighted by Gasteiger charge is -2.13. The van der Waals surface area contributed by atoms with Crippen molar-refractivity contribution >= 4 is 28.5 Å². The molecule has 0 radical (unpaired) electrons. The maximum atomic E-state index is 12.6. The zero-order valence-corrected chi connectivity index (χ0v) is 16.2. The number of ether oxygens (including phenoxy) is 2. The fourth-order valence-electron chi connectivity index (χ4n) is 2.89. The third-order valence-electron chi connectivity index (χ3n) is 4.46. The van der Waals surface area contributed by atoms with Gasteiger partial charge in [0.2, 0.25) is 5.76 Å². The Morgan fingerprint density at radius 3 is 2.50 bits per heavy atom. The van der Waals surface area contributed by atoms with Gasteiger partial charge in [-0.1, -0.05) is 37.3 Å². The van der Waals surface area contributed by atoms with Crippen molar-refractivity contribution in [3.8, 4) is 0 Å². The topological polar surface area (TPSA) is 77.8 Å². The second-order valence-corrected chi connectivity index (χ2v) is 6.43. The molecule has 0 aliphatic rings. The largest absolute Gasteiger partial charge is 0.449 e. The lowest BCUT2D eigenvalue weighted by molar-refractivity contribution is -0.123. The molecule has 6 nitrogen and oxygen atoms in total. The van der Waals surface area contributed by atoms with Crippen LogP contribution < -0.4 is 5.32 Å². The molecule has 3 rings (SSSR count). The summed E-state index contributed by atoms with van der Waals surface area (Å²) in [6.07, 6.45) is -0.0641. The number of anilines is 1. The molecule has 1 aromatic heterocycles. The van der Waals surface area contributed by atoms with Crippen molar-refractivity contribution in [3.63, 3.8) is 0 Å². The standard InChI is InChI=1S/C22H23NO5/c1-4-15-9-11-16(12-10-15)23-21(24)14(2)27-22(25)20-18(13-26-3)17-7-5-6-8-19(17)28-20/h5-12,14H,4,13H2,1-3H3,(H,23,24). The van der Waals surface area contributed by atoms with Crippen LogP contribution in [0.1, 0.15) is 35.5 Å². The number of nitrogens with one attached hydrogen (secondary N) is 1. The molecular formula is C22H23NO5. The fraction of sp³-hybridized carbons (Fsp3) is 0.273. The van der Waals surface area contributed by atoms with Crippen LogP contribution in [0.15, 0.2) is 52.9 Å². The van der Waals surface area contributed by atoms with Gasteiger partial charge in [-0.05, 0) is 37.1 Å². The molecule has 0 saturated heterocycles. The molecule has 146 valence electrons. The predicted octanol–water partition coefficient (Wildman–Crippen LogP) is 4.33. The minimum absolute atomic E-state index is 0.0509. The van der Waals surface area contributed by atoms with E-state index < -0.39 is 18.0 Å². The summed E-state index contributed by atoms with van der Waals surface area (Å²) in [5.74, 6) is -1.07. The molecular weight excluding hydrogens is 358 g/mol. The second kappa shape index (κ2) is 8.71. The molecule has 0 spiro atoms. The normalized spacial score (nSPS) is 12.0. The summed E-state index contributed by atoms with van der Waals surface area (Å²) in [4.78, 5) is 25.0. The van der Waals surface area contributed by atoms with E-state index in [1.165, 1.54) is 19.6 Å². The summed E-state index contributed by atoms with van der Waals surface area (Å²) in [5, 5.41) is 3.53. The van der Waals surface area contributed by atoms with E-state index in [0.29, 0.717) is 16.8 Å². The van der Waals surface area contributed by atoms with Gasteiger partial charge < -0.3 is 19.2 Å². The summed E-state index contributed by atoms with van der Waals surface area (Å²) < 4.78 is 16.2. The van der Waals surface area contributed by atoms with Crippen molar-refractivity contribution in [2.24, 2.45) is 0 Å². The summed E-state index contributed by atoms with van der Waals surface area (Å²) in [6.45, 7) is 3.78. The van der Waals surface area contributed by atoms with E-state index in [2.05, 4.69) is 12.2 Å². The average molecular weight is 381 g/mol. The van der Waals surface area contributed by atoms with Gasteiger partial charge in [-0.15, -0.1) is 0 Å². The van der Waals surface area contributed by atoms with Crippen LogP contribution >= 0.6 is 0 Å². The first-order valence-corrected chi connectivity index (χ1v) is 9.13. The zero-order chi connectivity index (χ0) is 20.1. The van der Waals surface area contributed by atoms with Gasteiger partial charge in [0.1, 0.15) is 5.58 Å². The second-order valence-electron chi connectivity index (χ2n) is 6.43. The summed E-state index contributed by atoms with van der Waals surface area (Å²) >= 11 is 0. The van der Waals surface area contributed by atoms with E-state index in [1.54, 1.807) is 6.07 Å². The summed E-state index contributed by atoms with van der Waals surface area (Å²) in [6, 6.07) is 14.8. The Hall–Kier alpha value is -3.12. The number of esters is 1. The van der Waals surface area contributed by atoms with Crippen molar-refractivity contribution in [1.29, 1.82) is 0 Å². The Balaban J connectivity index is 1.72. The van der Waals surface area contributed by atoms with Crippen molar-refractivity contribution < 1.29 is 23.5 Å². The highest BCUT2D eigenvalue weighted by Gasteiger charge is 2.25. The van der Waals surface area contributed by atoms with Crippen LogP contribution in [0.4, 0.5) is 5.69 Å². The number of para-hydroxylation sites is 1. The number of carbonyl (C=O) groups excluding carboxylic acids is 2. The molecule has 0 aliphatic heterocycles. The van der Waals surface area contributed by atoms with Crippen LogP contribution in [0.5, 0.6) is 0 Å². The minimum atomic E-state index is -0.984. The first kappa shape index (κ1) is 19.6. The number of carbonyl (C=O) groups is 2. The predicted molar refractivity (Wildman–Crippen MR) is 106 cm³/mol. The zero-order valence-electron chi connectivity index (χ0n) is 16.2. The highest BCUT2D eigenvalue weighted by molar-refractivity contribution is 5.99. The molecule has 3 aromatic rings. The molecule has 0 aliphatic carbocycles. The fourth-order valence-corrected chi connectivity index (χ4v) is 2.89. The lowest BCUT2D eigenvalue weighted by atomic mass is 10.1.